The molecule has 21 heavy (non-hydrogen) atoms. The van der Waals surface area contributed by atoms with Crippen molar-refractivity contribution in [3.63, 3.8) is 0 Å². The molecule has 0 atom stereocenters. The Labute approximate surface area is 127 Å². The van der Waals surface area contributed by atoms with Gasteiger partial charge in [-0.25, -0.2) is 0 Å². The average Bonchev–Trinajstić information content (AvgIpc) is 2.45. The number of hydrogen-bond acceptors (Lipinski definition) is 5. The first kappa shape index (κ1) is 15.1. The van der Waals surface area contributed by atoms with E-state index in [-0.39, 0.29) is 11.7 Å². The van der Waals surface area contributed by atoms with Gasteiger partial charge in [0.05, 0.1) is 16.3 Å². The van der Waals surface area contributed by atoms with E-state index in [0.717, 1.165) is 11.1 Å². The van der Waals surface area contributed by atoms with E-state index in [1.807, 2.05) is 13.0 Å². The number of nitrogens with zero attached hydrogens (tertiary/aromatic N) is 3. The number of amidine groups is 1. The van der Waals surface area contributed by atoms with Gasteiger partial charge in [0.25, 0.3) is 0 Å². The molecule has 0 amide bonds. The molecule has 1 aromatic heterocycles. The Morgan fingerprint density at radius 3 is 2.62 bits per heavy atom. The molecule has 0 radical (unpaired) electrons. The monoisotopic (exact) mass is 306 g/mol. The van der Waals surface area contributed by atoms with E-state index in [2.05, 4.69) is 15.4 Å². The number of ether oxygens (including phenoxy) is 1. The van der Waals surface area contributed by atoms with Crippen LogP contribution in [0.4, 0.5) is 0 Å². The molecule has 0 saturated carbocycles. The Bertz CT molecular complexity index is 716. The number of aryl methyl sites for hydroxylation is 2. The van der Waals surface area contributed by atoms with E-state index < -0.39 is 0 Å². The SMILES string of the molecule is Cc1ccc(Oc2nnc(C)c(C)c2C(N)=NO)c(Cl)c1. The second-order valence-corrected chi connectivity index (χ2v) is 5.02. The second-order valence-electron chi connectivity index (χ2n) is 4.61. The van der Waals surface area contributed by atoms with Crippen molar-refractivity contribution in [1.82, 2.24) is 10.2 Å². The summed E-state index contributed by atoms with van der Waals surface area (Å²) in [6.07, 6.45) is 0. The molecular formula is C14H15ClN4O2. The topological polar surface area (TPSA) is 93.6 Å². The van der Waals surface area contributed by atoms with Gasteiger partial charge in [0, 0.05) is 0 Å². The van der Waals surface area contributed by atoms with Crippen LogP contribution in [0.1, 0.15) is 22.4 Å². The van der Waals surface area contributed by atoms with E-state index in [1.165, 1.54) is 0 Å². The molecule has 0 aliphatic heterocycles. The van der Waals surface area contributed by atoms with Crippen LogP contribution in [0.2, 0.25) is 5.02 Å². The lowest BCUT2D eigenvalue weighted by atomic mass is 10.1. The van der Waals surface area contributed by atoms with Gasteiger partial charge in [-0.05, 0) is 44.0 Å². The molecule has 0 saturated heterocycles. The molecule has 0 fully saturated rings. The molecule has 3 N–H and O–H groups in total. The highest BCUT2D eigenvalue weighted by atomic mass is 35.5. The first-order chi connectivity index (χ1) is 9.93. The highest BCUT2D eigenvalue weighted by molar-refractivity contribution is 6.32. The Morgan fingerprint density at radius 2 is 2.00 bits per heavy atom. The zero-order valence-electron chi connectivity index (χ0n) is 11.9. The molecule has 0 unspecified atom stereocenters. The number of nitrogens with two attached hydrogens (primary N) is 1. The maximum absolute atomic E-state index is 8.92. The maximum Gasteiger partial charge on any atom is 0.250 e. The van der Waals surface area contributed by atoms with Crippen molar-refractivity contribution in [2.45, 2.75) is 20.8 Å². The Kier molecular flexibility index (Phi) is 4.28. The minimum absolute atomic E-state index is 0.0938. The first-order valence-corrected chi connectivity index (χ1v) is 6.57. The zero-order chi connectivity index (χ0) is 15.6. The van der Waals surface area contributed by atoms with Crippen LogP contribution >= 0.6 is 11.6 Å². The molecule has 0 bridgehead atoms. The number of aromatic nitrogens is 2. The van der Waals surface area contributed by atoms with Crippen LogP contribution in [0.15, 0.2) is 23.4 Å². The van der Waals surface area contributed by atoms with E-state index in [1.54, 1.807) is 26.0 Å². The lowest BCUT2D eigenvalue weighted by Crippen LogP contribution is -2.18. The minimum Gasteiger partial charge on any atom is -0.435 e. The zero-order valence-corrected chi connectivity index (χ0v) is 12.6. The Morgan fingerprint density at radius 1 is 1.29 bits per heavy atom. The van der Waals surface area contributed by atoms with Gasteiger partial charge in [-0.3, -0.25) is 0 Å². The van der Waals surface area contributed by atoms with Gasteiger partial charge in [-0.2, -0.15) is 5.10 Å². The van der Waals surface area contributed by atoms with Crippen LogP contribution < -0.4 is 10.5 Å². The largest absolute Gasteiger partial charge is 0.435 e. The van der Waals surface area contributed by atoms with Crippen LogP contribution in [-0.2, 0) is 0 Å². The van der Waals surface area contributed by atoms with E-state index in [9.17, 15) is 0 Å². The quantitative estimate of drug-likeness (QED) is 0.393. The van der Waals surface area contributed by atoms with Crippen molar-refractivity contribution < 1.29 is 9.94 Å². The fraction of sp³-hybridized carbons (Fsp3) is 0.214. The van der Waals surface area contributed by atoms with E-state index in [4.69, 9.17) is 27.3 Å². The molecule has 1 heterocycles. The van der Waals surface area contributed by atoms with E-state index in [0.29, 0.717) is 22.0 Å². The summed E-state index contributed by atoms with van der Waals surface area (Å²) in [6.45, 7) is 5.49. The van der Waals surface area contributed by atoms with Gasteiger partial charge in [-0.1, -0.05) is 22.8 Å². The molecular weight excluding hydrogens is 292 g/mol. The molecule has 2 rings (SSSR count). The summed E-state index contributed by atoms with van der Waals surface area (Å²) in [7, 11) is 0. The molecule has 1 aromatic carbocycles. The van der Waals surface area contributed by atoms with Crippen LogP contribution in [0.25, 0.3) is 0 Å². The van der Waals surface area contributed by atoms with Gasteiger partial charge < -0.3 is 15.7 Å². The molecule has 7 heteroatoms. The van der Waals surface area contributed by atoms with Crippen molar-refractivity contribution in [2.75, 3.05) is 0 Å². The normalized spacial score (nSPS) is 11.5. The predicted molar refractivity (Wildman–Crippen MR) is 80.3 cm³/mol. The molecule has 110 valence electrons. The standard InChI is InChI=1S/C14H15ClN4O2/c1-7-4-5-11(10(15)6-7)21-14-12(13(16)19-20)8(2)9(3)17-18-14/h4-6,20H,1-3H3,(H2,16,19). The lowest BCUT2D eigenvalue weighted by Gasteiger charge is -2.13. The van der Waals surface area contributed by atoms with Gasteiger partial charge in [0.15, 0.2) is 5.84 Å². The number of hydrogen-bond donors (Lipinski definition) is 2. The van der Waals surface area contributed by atoms with Crippen LogP contribution in [0, 0.1) is 20.8 Å². The maximum atomic E-state index is 8.92. The minimum atomic E-state index is -0.0938. The lowest BCUT2D eigenvalue weighted by molar-refractivity contribution is 0.318. The van der Waals surface area contributed by atoms with Crippen LogP contribution in [0.3, 0.4) is 0 Å². The Hall–Kier alpha value is -2.34. The summed E-state index contributed by atoms with van der Waals surface area (Å²) >= 11 is 6.13. The molecule has 6 nitrogen and oxygen atoms in total. The molecule has 0 aliphatic carbocycles. The highest BCUT2D eigenvalue weighted by Gasteiger charge is 2.18. The second kappa shape index (κ2) is 5.97. The van der Waals surface area contributed by atoms with Crippen molar-refractivity contribution in [2.24, 2.45) is 10.9 Å². The number of rotatable bonds is 3. The van der Waals surface area contributed by atoms with Crippen LogP contribution in [0.5, 0.6) is 11.6 Å². The fourth-order valence-corrected chi connectivity index (χ4v) is 2.08. The Balaban J connectivity index is 2.52. The smallest absolute Gasteiger partial charge is 0.250 e. The first-order valence-electron chi connectivity index (χ1n) is 6.19. The third-order valence-electron chi connectivity index (χ3n) is 3.08. The van der Waals surface area contributed by atoms with Crippen molar-refractivity contribution in [3.05, 3.63) is 45.6 Å². The number of oxime groups is 1. The van der Waals surface area contributed by atoms with E-state index >= 15 is 0 Å². The van der Waals surface area contributed by atoms with Gasteiger partial charge in [0.2, 0.25) is 5.88 Å². The summed E-state index contributed by atoms with van der Waals surface area (Å²) in [4.78, 5) is 0. The van der Waals surface area contributed by atoms with Crippen molar-refractivity contribution >= 4 is 17.4 Å². The van der Waals surface area contributed by atoms with Crippen molar-refractivity contribution in [1.29, 1.82) is 0 Å². The summed E-state index contributed by atoms with van der Waals surface area (Å²) in [5.41, 5.74) is 8.49. The highest BCUT2D eigenvalue weighted by Crippen LogP contribution is 2.31. The van der Waals surface area contributed by atoms with Gasteiger partial charge in [-0.15, -0.1) is 5.10 Å². The molecule has 0 spiro atoms. The fourth-order valence-electron chi connectivity index (χ4n) is 1.80. The number of benzene rings is 1. The summed E-state index contributed by atoms with van der Waals surface area (Å²) in [6, 6.07) is 5.36. The average molecular weight is 307 g/mol. The summed E-state index contributed by atoms with van der Waals surface area (Å²) < 4.78 is 5.68. The molecule has 0 aliphatic rings. The summed E-state index contributed by atoms with van der Waals surface area (Å²) in [5.74, 6) is 0.467. The molecule has 2 aromatic rings. The van der Waals surface area contributed by atoms with Gasteiger partial charge >= 0.3 is 0 Å². The van der Waals surface area contributed by atoms with Gasteiger partial charge in [0.1, 0.15) is 5.75 Å². The third-order valence-corrected chi connectivity index (χ3v) is 3.38. The third kappa shape index (κ3) is 3.05. The van der Waals surface area contributed by atoms with Crippen molar-refractivity contribution in [3.8, 4) is 11.6 Å². The number of halogens is 1. The predicted octanol–water partition coefficient (Wildman–Crippen LogP) is 2.94. The van der Waals surface area contributed by atoms with Crippen LogP contribution in [-0.4, -0.2) is 21.2 Å². The summed E-state index contributed by atoms with van der Waals surface area (Å²) in [5, 5.41) is 20.3.